The molecule has 0 aliphatic heterocycles. The van der Waals surface area contributed by atoms with Crippen LogP contribution in [0.3, 0.4) is 0 Å². The predicted octanol–water partition coefficient (Wildman–Crippen LogP) is 2.94. The second-order valence-corrected chi connectivity index (χ2v) is 7.63. The molecule has 3 rings (SSSR count). The highest BCUT2D eigenvalue weighted by Crippen LogP contribution is 2.20. The van der Waals surface area contributed by atoms with Crippen molar-refractivity contribution in [3.8, 4) is 22.9 Å². The standard InChI is InChI=1S/C24H27N5O5/c1-15-5-10-20(16(2)11-15)33-14-22(31)28-27-17(3)12-21(30)25-13-23-26-24(29-34-23)18-6-8-19(32-4)9-7-18/h5-11H,12-14H2,1-4H3,(H,25,30)(H,28,31)/b27-17+. The largest absolute Gasteiger partial charge is 0.497 e. The number of hydrazone groups is 1. The van der Waals surface area contributed by atoms with Crippen molar-refractivity contribution in [2.75, 3.05) is 13.7 Å². The third-order valence-corrected chi connectivity index (χ3v) is 4.73. The van der Waals surface area contributed by atoms with Crippen LogP contribution in [0, 0.1) is 13.8 Å². The number of carbonyl (C=O) groups is 2. The fraction of sp³-hybridized carbons (Fsp3) is 0.292. The van der Waals surface area contributed by atoms with Crippen LogP contribution in [-0.4, -0.2) is 41.4 Å². The van der Waals surface area contributed by atoms with E-state index in [1.807, 2.05) is 44.2 Å². The van der Waals surface area contributed by atoms with Crippen LogP contribution in [0.25, 0.3) is 11.4 Å². The molecule has 0 unspecified atom stereocenters. The van der Waals surface area contributed by atoms with E-state index in [1.54, 1.807) is 26.2 Å². The predicted molar refractivity (Wildman–Crippen MR) is 125 cm³/mol. The molecule has 0 saturated heterocycles. The van der Waals surface area contributed by atoms with Gasteiger partial charge in [-0.2, -0.15) is 10.1 Å². The SMILES string of the molecule is COc1ccc(-c2noc(CNC(=O)C/C(C)=N/NC(=O)COc3ccc(C)cc3C)n2)cc1. The number of hydrogen-bond donors (Lipinski definition) is 2. The molecule has 2 N–H and O–H groups in total. The van der Waals surface area contributed by atoms with Gasteiger partial charge < -0.3 is 19.3 Å². The Morgan fingerprint density at radius 1 is 1.09 bits per heavy atom. The second-order valence-electron chi connectivity index (χ2n) is 7.63. The highest BCUT2D eigenvalue weighted by Gasteiger charge is 2.11. The van der Waals surface area contributed by atoms with E-state index in [9.17, 15) is 9.59 Å². The fourth-order valence-corrected chi connectivity index (χ4v) is 2.99. The summed E-state index contributed by atoms with van der Waals surface area (Å²) in [6.07, 6.45) is -0.00230. The Bertz CT molecular complexity index is 1170. The molecule has 2 aromatic carbocycles. The van der Waals surface area contributed by atoms with Gasteiger partial charge in [0.2, 0.25) is 17.6 Å². The van der Waals surface area contributed by atoms with Crippen LogP contribution in [0.4, 0.5) is 0 Å². The summed E-state index contributed by atoms with van der Waals surface area (Å²) in [4.78, 5) is 28.4. The van der Waals surface area contributed by atoms with Gasteiger partial charge in [0.15, 0.2) is 6.61 Å². The second kappa shape index (κ2) is 11.6. The van der Waals surface area contributed by atoms with Gasteiger partial charge in [-0.15, -0.1) is 0 Å². The van der Waals surface area contributed by atoms with E-state index in [4.69, 9.17) is 14.0 Å². The maximum Gasteiger partial charge on any atom is 0.277 e. The number of ether oxygens (including phenoxy) is 2. The molecular weight excluding hydrogens is 438 g/mol. The molecule has 1 aromatic heterocycles. The average molecular weight is 466 g/mol. The monoisotopic (exact) mass is 465 g/mol. The van der Waals surface area contributed by atoms with Crippen molar-refractivity contribution in [3.63, 3.8) is 0 Å². The maximum atomic E-state index is 12.2. The summed E-state index contributed by atoms with van der Waals surface area (Å²) in [7, 11) is 1.59. The number of rotatable bonds is 10. The Morgan fingerprint density at radius 3 is 2.56 bits per heavy atom. The molecule has 0 aliphatic rings. The van der Waals surface area contributed by atoms with Crippen molar-refractivity contribution in [1.29, 1.82) is 0 Å². The van der Waals surface area contributed by atoms with Crippen molar-refractivity contribution >= 4 is 17.5 Å². The molecule has 10 nitrogen and oxygen atoms in total. The van der Waals surface area contributed by atoms with Gasteiger partial charge >= 0.3 is 0 Å². The van der Waals surface area contributed by atoms with Crippen LogP contribution in [0.5, 0.6) is 11.5 Å². The summed E-state index contributed by atoms with van der Waals surface area (Å²) in [5.74, 6) is 1.32. The van der Waals surface area contributed by atoms with Crippen molar-refractivity contribution in [2.45, 2.75) is 33.7 Å². The highest BCUT2D eigenvalue weighted by molar-refractivity contribution is 6.00. The molecule has 34 heavy (non-hydrogen) atoms. The molecular formula is C24H27N5O5. The minimum absolute atomic E-state index is 0.00230. The van der Waals surface area contributed by atoms with E-state index in [1.165, 1.54) is 0 Å². The number of nitrogens with zero attached hydrogens (tertiary/aromatic N) is 3. The normalized spacial score (nSPS) is 11.1. The third-order valence-electron chi connectivity index (χ3n) is 4.73. The topological polar surface area (TPSA) is 128 Å². The average Bonchev–Trinajstić information content (AvgIpc) is 3.30. The van der Waals surface area contributed by atoms with Gasteiger partial charge in [0.25, 0.3) is 5.91 Å². The van der Waals surface area contributed by atoms with Gasteiger partial charge in [0.05, 0.1) is 20.1 Å². The lowest BCUT2D eigenvalue weighted by atomic mass is 10.1. The molecule has 0 bridgehead atoms. The molecule has 10 heteroatoms. The number of nitrogens with one attached hydrogen (secondary N) is 2. The number of carbonyl (C=O) groups excluding carboxylic acids is 2. The lowest BCUT2D eigenvalue weighted by molar-refractivity contribution is -0.123. The van der Waals surface area contributed by atoms with Gasteiger partial charge in [0, 0.05) is 11.3 Å². The first-order valence-corrected chi connectivity index (χ1v) is 10.6. The zero-order valence-corrected chi connectivity index (χ0v) is 19.5. The quantitative estimate of drug-likeness (QED) is 0.348. The molecule has 2 amide bonds. The zero-order chi connectivity index (χ0) is 24.5. The summed E-state index contributed by atoms with van der Waals surface area (Å²) in [5, 5.41) is 10.5. The smallest absolute Gasteiger partial charge is 0.277 e. The molecule has 0 aliphatic carbocycles. The van der Waals surface area contributed by atoms with E-state index in [0.717, 1.165) is 22.4 Å². The summed E-state index contributed by atoms with van der Waals surface area (Å²) in [6, 6.07) is 12.9. The van der Waals surface area contributed by atoms with Gasteiger partial charge in [-0.25, -0.2) is 5.43 Å². The summed E-state index contributed by atoms with van der Waals surface area (Å²) in [6.45, 7) is 5.43. The highest BCUT2D eigenvalue weighted by atomic mass is 16.5. The molecule has 0 saturated carbocycles. The molecule has 178 valence electrons. The molecule has 1 heterocycles. The Morgan fingerprint density at radius 2 is 1.85 bits per heavy atom. The molecule has 3 aromatic rings. The Balaban J connectivity index is 1.41. The number of hydrogen-bond acceptors (Lipinski definition) is 8. The first-order chi connectivity index (χ1) is 16.3. The Kier molecular flexibility index (Phi) is 8.33. The first kappa shape index (κ1) is 24.4. The lowest BCUT2D eigenvalue weighted by Crippen LogP contribution is -2.28. The number of aryl methyl sites for hydroxylation is 2. The van der Waals surface area contributed by atoms with Crippen LogP contribution in [0.2, 0.25) is 0 Å². The number of methoxy groups -OCH3 is 1. The van der Waals surface area contributed by atoms with E-state index < -0.39 is 5.91 Å². The molecule has 0 spiro atoms. The summed E-state index contributed by atoms with van der Waals surface area (Å²) in [5.41, 5.74) is 5.65. The van der Waals surface area contributed by atoms with Crippen LogP contribution in [0.15, 0.2) is 52.1 Å². The van der Waals surface area contributed by atoms with Crippen LogP contribution < -0.4 is 20.2 Å². The van der Waals surface area contributed by atoms with Gasteiger partial charge in [-0.1, -0.05) is 22.9 Å². The van der Waals surface area contributed by atoms with E-state index >= 15 is 0 Å². The van der Waals surface area contributed by atoms with Crippen molar-refractivity contribution in [1.82, 2.24) is 20.9 Å². The number of amides is 2. The Hall–Kier alpha value is -4.21. The van der Waals surface area contributed by atoms with Gasteiger partial charge in [-0.3, -0.25) is 9.59 Å². The minimum atomic E-state index is -0.420. The fourth-order valence-electron chi connectivity index (χ4n) is 2.99. The molecule has 0 radical (unpaired) electrons. The van der Waals surface area contributed by atoms with Crippen LogP contribution in [0.1, 0.15) is 30.4 Å². The zero-order valence-electron chi connectivity index (χ0n) is 19.5. The summed E-state index contributed by atoms with van der Waals surface area (Å²) >= 11 is 0. The van der Waals surface area contributed by atoms with Gasteiger partial charge in [0.1, 0.15) is 11.5 Å². The summed E-state index contributed by atoms with van der Waals surface area (Å²) < 4.78 is 15.8. The number of benzene rings is 2. The van der Waals surface area contributed by atoms with Crippen LogP contribution >= 0.6 is 0 Å². The lowest BCUT2D eigenvalue weighted by Gasteiger charge is -2.09. The van der Waals surface area contributed by atoms with Crippen molar-refractivity contribution < 1.29 is 23.6 Å². The molecule has 0 fully saturated rings. The maximum absolute atomic E-state index is 12.2. The van der Waals surface area contributed by atoms with E-state index in [0.29, 0.717) is 17.3 Å². The number of aromatic nitrogens is 2. The third kappa shape index (κ3) is 7.16. The van der Waals surface area contributed by atoms with Crippen LogP contribution in [-0.2, 0) is 16.1 Å². The first-order valence-electron chi connectivity index (χ1n) is 10.6. The van der Waals surface area contributed by atoms with Gasteiger partial charge in [-0.05, 0) is 56.7 Å². The Labute approximate surface area is 197 Å². The minimum Gasteiger partial charge on any atom is -0.497 e. The van der Waals surface area contributed by atoms with E-state index in [-0.39, 0.29) is 31.4 Å². The van der Waals surface area contributed by atoms with Crippen molar-refractivity contribution in [2.24, 2.45) is 5.10 Å². The van der Waals surface area contributed by atoms with E-state index in [2.05, 4.69) is 26.0 Å². The molecule has 0 atom stereocenters. The van der Waals surface area contributed by atoms with Crippen molar-refractivity contribution in [3.05, 3.63) is 59.5 Å².